The summed E-state index contributed by atoms with van der Waals surface area (Å²) in [7, 11) is -2.16. The fraction of sp³-hybridized carbons (Fsp3) is 0.316. The second-order valence-electron chi connectivity index (χ2n) is 5.78. The number of nitrogens with zero attached hydrogens (tertiary/aromatic N) is 1. The van der Waals surface area contributed by atoms with Crippen molar-refractivity contribution in [1.29, 1.82) is 0 Å². The minimum absolute atomic E-state index is 0.113. The summed E-state index contributed by atoms with van der Waals surface area (Å²) in [5.74, 6) is 0.0638. The van der Waals surface area contributed by atoms with Crippen molar-refractivity contribution in [3.8, 4) is 5.75 Å². The fourth-order valence-corrected chi connectivity index (χ4v) is 4.12. The summed E-state index contributed by atoms with van der Waals surface area (Å²) in [6.07, 6.45) is 0. The van der Waals surface area contributed by atoms with Crippen LogP contribution in [0.1, 0.15) is 29.8 Å². The van der Waals surface area contributed by atoms with E-state index in [-0.39, 0.29) is 10.8 Å². The molecule has 140 valence electrons. The number of aryl methyl sites for hydroxylation is 1. The molecule has 1 amide bonds. The first-order valence-corrected chi connectivity index (χ1v) is 9.83. The lowest BCUT2D eigenvalue weighted by molar-refractivity contribution is 0.102. The number of amides is 1. The van der Waals surface area contributed by atoms with Gasteiger partial charge in [-0.15, -0.1) is 0 Å². The maximum absolute atomic E-state index is 12.7. The molecule has 0 fully saturated rings. The number of nitrogens with one attached hydrogen (secondary N) is 1. The number of ether oxygens (including phenoxy) is 1. The average molecular weight is 376 g/mol. The zero-order valence-corrected chi connectivity index (χ0v) is 16.3. The molecule has 0 heterocycles. The highest BCUT2D eigenvalue weighted by atomic mass is 32.2. The Hall–Kier alpha value is -2.38. The molecule has 0 radical (unpaired) electrons. The minimum atomic E-state index is -3.63. The molecule has 2 aromatic rings. The molecule has 1 N–H and O–H groups in total. The molecule has 0 spiro atoms. The van der Waals surface area contributed by atoms with Crippen LogP contribution in [0.15, 0.2) is 47.4 Å². The average Bonchev–Trinajstić information content (AvgIpc) is 2.62. The van der Waals surface area contributed by atoms with Crippen molar-refractivity contribution in [1.82, 2.24) is 4.31 Å². The van der Waals surface area contributed by atoms with E-state index in [1.54, 1.807) is 38.1 Å². The van der Waals surface area contributed by atoms with Gasteiger partial charge in [-0.1, -0.05) is 31.5 Å². The van der Waals surface area contributed by atoms with E-state index in [1.165, 1.54) is 23.5 Å². The van der Waals surface area contributed by atoms with Crippen LogP contribution in [0.3, 0.4) is 0 Å². The summed E-state index contributed by atoms with van der Waals surface area (Å²) in [6, 6.07) is 11.6. The number of sulfonamides is 1. The van der Waals surface area contributed by atoms with Crippen LogP contribution in [0.25, 0.3) is 0 Å². The smallest absolute Gasteiger partial charge is 0.255 e. The predicted octanol–water partition coefficient (Wildman–Crippen LogP) is 3.29. The van der Waals surface area contributed by atoms with E-state index in [4.69, 9.17) is 4.74 Å². The lowest BCUT2D eigenvalue weighted by Gasteiger charge is -2.19. The molecule has 0 unspecified atom stereocenters. The van der Waals surface area contributed by atoms with E-state index in [0.717, 1.165) is 5.56 Å². The van der Waals surface area contributed by atoms with E-state index < -0.39 is 10.0 Å². The lowest BCUT2D eigenvalue weighted by atomic mass is 10.1. The summed E-state index contributed by atoms with van der Waals surface area (Å²) in [5.41, 5.74) is 1.76. The first kappa shape index (κ1) is 19.9. The first-order valence-electron chi connectivity index (χ1n) is 8.39. The van der Waals surface area contributed by atoms with Crippen LogP contribution in [0.2, 0.25) is 0 Å². The van der Waals surface area contributed by atoms with Gasteiger partial charge in [0, 0.05) is 18.7 Å². The van der Waals surface area contributed by atoms with Crippen molar-refractivity contribution in [2.75, 3.05) is 25.5 Å². The van der Waals surface area contributed by atoms with Gasteiger partial charge >= 0.3 is 0 Å². The van der Waals surface area contributed by atoms with Gasteiger partial charge in [-0.2, -0.15) is 4.31 Å². The Bertz CT molecular complexity index is 890. The van der Waals surface area contributed by atoms with Gasteiger partial charge < -0.3 is 10.1 Å². The molecule has 7 heteroatoms. The Balaban J connectivity index is 2.40. The Morgan fingerprint density at radius 2 is 1.81 bits per heavy atom. The molecule has 0 aromatic heterocycles. The van der Waals surface area contributed by atoms with Crippen LogP contribution >= 0.6 is 0 Å². The SMILES string of the molecule is CCN(CC)S(=O)(=O)c1ccc(OC)c(NC(=O)c2cccc(C)c2)c1. The fourth-order valence-electron chi connectivity index (χ4n) is 2.64. The quantitative estimate of drug-likeness (QED) is 0.805. The zero-order valence-electron chi connectivity index (χ0n) is 15.4. The number of rotatable bonds is 7. The molecule has 0 saturated carbocycles. The highest BCUT2D eigenvalue weighted by molar-refractivity contribution is 7.89. The van der Waals surface area contributed by atoms with Crippen molar-refractivity contribution < 1.29 is 17.9 Å². The predicted molar refractivity (Wildman–Crippen MR) is 102 cm³/mol. The van der Waals surface area contributed by atoms with Crippen molar-refractivity contribution in [3.05, 3.63) is 53.6 Å². The highest BCUT2D eigenvalue weighted by Gasteiger charge is 2.23. The maximum Gasteiger partial charge on any atom is 0.255 e. The van der Waals surface area contributed by atoms with Crippen LogP contribution in [-0.4, -0.2) is 38.8 Å². The number of hydrogen-bond donors (Lipinski definition) is 1. The molecule has 26 heavy (non-hydrogen) atoms. The van der Waals surface area contributed by atoms with Crippen LogP contribution in [0.5, 0.6) is 5.75 Å². The molecule has 2 aromatic carbocycles. The Labute approximate surface area is 154 Å². The zero-order chi connectivity index (χ0) is 19.3. The number of hydrogen-bond acceptors (Lipinski definition) is 4. The minimum Gasteiger partial charge on any atom is -0.495 e. The summed E-state index contributed by atoms with van der Waals surface area (Å²) in [4.78, 5) is 12.6. The van der Waals surface area contributed by atoms with Crippen LogP contribution in [-0.2, 0) is 10.0 Å². The summed E-state index contributed by atoms with van der Waals surface area (Å²) >= 11 is 0. The molecule has 0 saturated heterocycles. The van der Waals surface area contributed by atoms with Gasteiger partial charge in [0.2, 0.25) is 10.0 Å². The number of methoxy groups -OCH3 is 1. The molecule has 0 aliphatic carbocycles. The van der Waals surface area contributed by atoms with Gasteiger partial charge in [0.05, 0.1) is 17.7 Å². The van der Waals surface area contributed by atoms with Crippen LogP contribution in [0, 0.1) is 6.92 Å². The van der Waals surface area contributed by atoms with Crippen molar-refractivity contribution >= 4 is 21.6 Å². The van der Waals surface area contributed by atoms with Crippen molar-refractivity contribution in [2.45, 2.75) is 25.7 Å². The number of benzene rings is 2. The van der Waals surface area contributed by atoms with Crippen molar-refractivity contribution in [2.24, 2.45) is 0 Å². The number of carbonyl (C=O) groups excluding carboxylic acids is 1. The van der Waals surface area contributed by atoms with Crippen LogP contribution in [0.4, 0.5) is 5.69 Å². The Kier molecular flexibility index (Phi) is 6.39. The second kappa shape index (κ2) is 8.33. The van der Waals surface area contributed by atoms with E-state index in [0.29, 0.717) is 30.1 Å². The third-order valence-electron chi connectivity index (χ3n) is 4.04. The molecular formula is C19H24N2O4S. The van der Waals surface area contributed by atoms with E-state index >= 15 is 0 Å². The van der Waals surface area contributed by atoms with Gasteiger partial charge in [0.15, 0.2) is 0 Å². The third kappa shape index (κ3) is 4.23. The van der Waals surface area contributed by atoms with Gasteiger partial charge in [0.25, 0.3) is 5.91 Å². The topological polar surface area (TPSA) is 75.7 Å². The summed E-state index contributed by atoms with van der Waals surface area (Å²) < 4.78 is 32.1. The molecular weight excluding hydrogens is 352 g/mol. The third-order valence-corrected chi connectivity index (χ3v) is 6.09. The molecule has 0 aliphatic rings. The van der Waals surface area contributed by atoms with E-state index in [2.05, 4.69) is 5.32 Å². The number of anilines is 1. The standard InChI is InChI=1S/C19H24N2O4S/c1-5-21(6-2)26(23,24)16-10-11-18(25-4)17(13-16)20-19(22)15-9-7-8-14(3)12-15/h7-13H,5-6H2,1-4H3,(H,20,22). The van der Waals surface area contributed by atoms with Gasteiger partial charge in [-0.3, -0.25) is 4.79 Å². The van der Waals surface area contributed by atoms with Gasteiger partial charge in [0.1, 0.15) is 5.75 Å². The Morgan fingerprint density at radius 1 is 1.12 bits per heavy atom. The molecule has 0 aliphatic heterocycles. The molecule has 0 atom stereocenters. The summed E-state index contributed by atoms with van der Waals surface area (Å²) in [6.45, 7) is 6.20. The first-order chi connectivity index (χ1) is 12.3. The Morgan fingerprint density at radius 3 is 2.38 bits per heavy atom. The largest absolute Gasteiger partial charge is 0.495 e. The monoisotopic (exact) mass is 376 g/mol. The highest BCUT2D eigenvalue weighted by Crippen LogP contribution is 2.29. The number of carbonyl (C=O) groups is 1. The maximum atomic E-state index is 12.7. The lowest BCUT2D eigenvalue weighted by Crippen LogP contribution is -2.30. The van der Waals surface area contributed by atoms with Gasteiger partial charge in [-0.05, 0) is 37.3 Å². The van der Waals surface area contributed by atoms with Crippen LogP contribution < -0.4 is 10.1 Å². The molecule has 2 rings (SSSR count). The van der Waals surface area contributed by atoms with E-state index in [1.807, 2.05) is 13.0 Å². The molecule has 6 nitrogen and oxygen atoms in total. The van der Waals surface area contributed by atoms with E-state index in [9.17, 15) is 13.2 Å². The molecule has 0 bridgehead atoms. The van der Waals surface area contributed by atoms with Gasteiger partial charge in [-0.25, -0.2) is 8.42 Å². The summed E-state index contributed by atoms with van der Waals surface area (Å²) in [5, 5.41) is 2.75. The van der Waals surface area contributed by atoms with Crippen molar-refractivity contribution in [3.63, 3.8) is 0 Å². The second-order valence-corrected chi connectivity index (χ2v) is 7.71. The normalized spacial score (nSPS) is 11.4.